The number of unbranched alkanes of at least 4 members (excludes halogenated alkanes) is 4. The second kappa shape index (κ2) is 20.5. The summed E-state index contributed by atoms with van der Waals surface area (Å²) in [5, 5.41) is 1.20. The third kappa shape index (κ3) is 13.2. The smallest absolute Gasteiger partial charge is 0.137 e. The molecule has 43 heavy (non-hydrogen) atoms. The average Bonchev–Trinajstić information content (AvgIpc) is 3.51. The predicted molar refractivity (Wildman–Crippen MR) is 193 cm³/mol. The van der Waals surface area contributed by atoms with Crippen LogP contribution in [0.5, 0.6) is 0 Å². The quantitative estimate of drug-likeness (QED) is 0.207. The van der Waals surface area contributed by atoms with Crippen molar-refractivity contribution in [2.75, 3.05) is 0 Å². The van der Waals surface area contributed by atoms with Crippen LogP contribution < -0.4 is 0 Å². The Hall–Kier alpha value is -3.39. The molecule has 2 aromatic heterocycles. The molecule has 0 saturated carbocycles. The molecule has 1 N–H and O–H groups in total. The number of nitrogens with one attached hydrogen (secondary N) is 1. The van der Waals surface area contributed by atoms with Crippen molar-refractivity contribution in [2.45, 2.75) is 119 Å². The Kier molecular flexibility index (Phi) is 17.1. The zero-order chi connectivity index (χ0) is 31.5. The van der Waals surface area contributed by atoms with Gasteiger partial charge in [0.25, 0.3) is 0 Å². The van der Waals surface area contributed by atoms with Crippen molar-refractivity contribution in [3.63, 3.8) is 0 Å². The van der Waals surface area contributed by atoms with E-state index < -0.39 is 0 Å². The number of benzene rings is 2. The fourth-order valence-electron chi connectivity index (χ4n) is 5.15. The molecule has 2 nitrogen and oxygen atoms in total. The number of allylic oxidation sites excluding steroid dienone is 3. The number of hydrogen-bond donors (Lipinski definition) is 1. The van der Waals surface area contributed by atoms with Crippen LogP contribution in [0.3, 0.4) is 0 Å². The molecule has 0 atom stereocenters. The van der Waals surface area contributed by atoms with Gasteiger partial charge in [-0.15, -0.1) is 0 Å². The Bertz CT molecular complexity index is 1350. The fourth-order valence-corrected chi connectivity index (χ4v) is 5.15. The number of aryl methyl sites for hydroxylation is 3. The molecule has 0 unspecified atom stereocenters. The summed E-state index contributed by atoms with van der Waals surface area (Å²) in [6.45, 7) is 19.0. The number of nitrogens with zero attached hydrogens (tertiary/aromatic N) is 1. The van der Waals surface area contributed by atoms with Gasteiger partial charge in [-0.25, -0.2) is 4.98 Å². The third-order valence-corrected chi connectivity index (χ3v) is 8.03. The van der Waals surface area contributed by atoms with E-state index in [0.717, 1.165) is 17.6 Å². The van der Waals surface area contributed by atoms with Crippen molar-refractivity contribution in [2.24, 2.45) is 0 Å². The van der Waals surface area contributed by atoms with Gasteiger partial charge in [0.2, 0.25) is 0 Å². The minimum absolute atomic E-state index is 0.974. The lowest BCUT2D eigenvalue weighted by Gasteiger charge is -2.20. The number of aromatic nitrogens is 2. The monoisotopic (exact) mass is 578 g/mol. The molecular formula is C41H58N2. The first-order chi connectivity index (χ1) is 20.8. The summed E-state index contributed by atoms with van der Waals surface area (Å²) in [7, 11) is 0. The minimum atomic E-state index is 0.974. The summed E-state index contributed by atoms with van der Waals surface area (Å²) in [5.41, 5.74) is 12.0. The number of pyridine rings is 1. The van der Waals surface area contributed by atoms with Crippen LogP contribution in [0.2, 0.25) is 0 Å². The summed E-state index contributed by atoms with van der Waals surface area (Å²) in [4.78, 5) is 7.32. The van der Waals surface area contributed by atoms with Crippen molar-refractivity contribution < 1.29 is 0 Å². The van der Waals surface area contributed by atoms with Crippen molar-refractivity contribution in [3.8, 4) is 0 Å². The molecule has 2 heterocycles. The van der Waals surface area contributed by atoms with Crippen molar-refractivity contribution in [1.82, 2.24) is 9.97 Å². The lowest BCUT2D eigenvalue weighted by atomic mass is 9.86. The highest BCUT2D eigenvalue weighted by atomic mass is 14.8. The standard InChI is InChI=1S/C15H20.C10H12.C9H10N2.C7H16/c1-3-13-6-4-5-7-15(13)14-10-8-12(2)9-11-14;1-8(2)10-6-4-9(3)5-7-10;1-2-7-5-8-3-4-10-9(8)11-6-7;1-3-5-7-6-4-2/h8-11H,3-7H2,1-2H3;4-7H,1H2,2-3H3;3-6H,2H2,1H3,(H,10,11);3-7H2,1-2H3. The van der Waals surface area contributed by atoms with E-state index in [4.69, 9.17) is 0 Å². The maximum atomic E-state index is 4.26. The van der Waals surface area contributed by atoms with E-state index in [1.54, 1.807) is 11.1 Å². The molecule has 1 aliphatic rings. The molecule has 0 fully saturated rings. The van der Waals surface area contributed by atoms with Gasteiger partial charge in [-0.2, -0.15) is 0 Å². The van der Waals surface area contributed by atoms with Gasteiger partial charge in [-0.3, -0.25) is 0 Å². The topological polar surface area (TPSA) is 28.7 Å². The fraction of sp³-hybridized carbons (Fsp3) is 0.439. The first-order valence-electron chi connectivity index (χ1n) is 16.7. The largest absolute Gasteiger partial charge is 0.346 e. The molecule has 232 valence electrons. The number of H-pyrrole nitrogens is 1. The van der Waals surface area contributed by atoms with Gasteiger partial charge >= 0.3 is 0 Å². The average molecular weight is 579 g/mol. The summed E-state index contributed by atoms with van der Waals surface area (Å²) in [6.07, 6.45) is 18.5. The van der Waals surface area contributed by atoms with Crippen LogP contribution >= 0.6 is 0 Å². The van der Waals surface area contributed by atoms with Gasteiger partial charge in [0, 0.05) is 17.8 Å². The van der Waals surface area contributed by atoms with Crippen LogP contribution in [0.1, 0.15) is 127 Å². The van der Waals surface area contributed by atoms with E-state index >= 15 is 0 Å². The highest BCUT2D eigenvalue weighted by molar-refractivity contribution is 5.75. The Labute approximate surface area is 263 Å². The molecule has 2 heteroatoms. The maximum absolute atomic E-state index is 4.26. The van der Waals surface area contributed by atoms with Gasteiger partial charge in [0.1, 0.15) is 5.65 Å². The molecule has 2 aromatic carbocycles. The highest BCUT2D eigenvalue weighted by Gasteiger charge is 2.12. The van der Waals surface area contributed by atoms with E-state index in [9.17, 15) is 0 Å². The molecule has 0 aliphatic heterocycles. The van der Waals surface area contributed by atoms with Gasteiger partial charge in [0.05, 0.1) is 0 Å². The van der Waals surface area contributed by atoms with Crippen LogP contribution in [0, 0.1) is 13.8 Å². The highest BCUT2D eigenvalue weighted by Crippen LogP contribution is 2.33. The van der Waals surface area contributed by atoms with Crippen molar-refractivity contribution in [1.29, 1.82) is 0 Å². The molecule has 0 bridgehead atoms. The Balaban J connectivity index is 0.000000208. The van der Waals surface area contributed by atoms with E-state index in [1.807, 2.05) is 25.4 Å². The summed E-state index contributed by atoms with van der Waals surface area (Å²) < 4.78 is 0. The second-order valence-corrected chi connectivity index (χ2v) is 11.8. The van der Waals surface area contributed by atoms with Crippen LogP contribution in [-0.2, 0) is 6.42 Å². The van der Waals surface area contributed by atoms with Gasteiger partial charge in [-0.1, -0.05) is 137 Å². The zero-order valence-corrected chi connectivity index (χ0v) is 28.4. The molecule has 0 spiro atoms. The van der Waals surface area contributed by atoms with Crippen LogP contribution in [0.25, 0.3) is 22.2 Å². The molecule has 5 rings (SSSR count). The molecule has 4 aromatic rings. The first kappa shape index (κ1) is 35.8. The summed E-state index contributed by atoms with van der Waals surface area (Å²) in [6, 6.07) is 21.6. The normalized spacial score (nSPS) is 12.3. The van der Waals surface area contributed by atoms with Gasteiger partial charge in [-0.05, 0) is 93.7 Å². The maximum Gasteiger partial charge on any atom is 0.137 e. The number of hydrogen-bond acceptors (Lipinski definition) is 1. The first-order valence-corrected chi connectivity index (χ1v) is 16.7. The predicted octanol–water partition coefficient (Wildman–Crippen LogP) is 12.9. The van der Waals surface area contributed by atoms with Crippen molar-refractivity contribution in [3.05, 3.63) is 113 Å². The van der Waals surface area contributed by atoms with E-state index in [2.05, 4.69) is 113 Å². The van der Waals surface area contributed by atoms with Crippen molar-refractivity contribution >= 4 is 22.2 Å². The summed E-state index contributed by atoms with van der Waals surface area (Å²) in [5.74, 6) is 0. The minimum Gasteiger partial charge on any atom is -0.346 e. The van der Waals surface area contributed by atoms with E-state index in [1.165, 1.54) is 97.4 Å². The Morgan fingerprint density at radius 1 is 0.767 bits per heavy atom. The molecule has 0 amide bonds. The SMILES string of the molecule is C=C(C)c1ccc(C)cc1.CCC1=C(c2ccc(C)cc2)CCCC1.CCCCCCC.CCc1cnc2[nH]ccc2c1. The van der Waals surface area contributed by atoms with Crippen LogP contribution in [0.4, 0.5) is 0 Å². The molecular weight excluding hydrogens is 520 g/mol. The number of rotatable bonds is 8. The van der Waals surface area contributed by atoms with Crippen LogP contribution in [0.15, 0.2) is 85.2 Å². The lowest BCUT2D eigenvalue weighted by molar-refractivity contribution is 0.656. The molecule has 0 saturated heterocycles. The summed E-state index contributed by atoms with van der Waals surface area (Å²) >= 11 is 0. The van der Waals surface area contributed by atoms with Crippen LogP contribution in [-0.4, -0.2) is 9.97 Å². The molecule has 1 aliphatic carbocycles. The Morgan fingerprint density at radius 2 is 1.37 bits per heavy atom. The number of aromatic amines is 1. The Morgan fingerprint density at radius 3 is 1.93 bits per heavy atom. The van der Waals surface area contributed by atoms with E-state index in [0.29, 0.717) is 0 Å². The van der Waals surface area contributed by atoms with Gasteiger partial charge in [0.15, 0.2) is 0 Å². The van der Waals surface area contributed by atoms with E-state index in [-0.39, 0.29) is 0 Å². The molecule has 0 radical (unpaired) electrons. The lowest BCUT2D eigenvalue weighted by Crippen LogP contribution is -1.98. The third-order valence-electron chi connectivity index (χ3n) is 8.03. The van der Waals surface area contributed by atoms with Gasteiger partial charge < -0.3 is 4.98 Å². The second-order valence-electron chi connectivity index (χ2n) is 11.8. The zero-order valence-electron chi connectivity index (χ0n) is 28.4. The number of fused-ring (bicyclic) bond motifs is 1.